The highest BCUT2D eigenvalue weighted by Gasteiger charge is 2.36. The Labute approximate surface area is 219 Å². The average Bonchev–Trinajstić information content (AvgIpc) is 3.55. The smallest absolute Gasteiger partial charge is 0.177 e. The molecule has 0 saturated heterocycles. The summed E-state index contributed by atoms with van der Waals surface area (Å²) >= 11 is 0. The number of ether oxygens (including phenoxy) is 1. The summed E-state index contributed by atoms with van der Waals surface area (Å²) in [6.07, 6.45) is 6.64. The molecule has 0 N–H and O–H groups in total. The van der Waals surface area contributed by atoms with Gasteiger partial charge in [-0.1, -0.05) is 72.8 Å². The molecule has 2 heterocycles. The molecule has 0 amide bonds. The molecule has 2 unspecified atom stereocenters. The van der Waals surface area contributed by atoms with Crippen LogP contribution in [0.2, 0.25) is 0 Å². The van der Waals surface area contributed by atoms with Gasteiger partial charge in [0.15, 0.2) is 11.3 Å². The van der Waals surface area contributed by atoms with Crippen molar-refractivity contribution in [2.45, 2.75) is 12.0 Å². The predicted molar refractivity (Wildman–Crippen MR) is 152 cm³/mol. The molecule has 2 aliphatic rings. The molecule has 178 valence electrons. The number of hydrogen-bond acceptors (Lipinski definition) is 3. The molecule has 3 heteroatoms. The number of nitrogens with zero attached hydrogens (tertiary/aromatic N) is 1. The van der Waals surface area contributed by atoms with E-state index in [2.05, 4.69) is 78.9 Å². The lowest BCUT2D eigenvalue weighted by Gasteiger charge is -2.19. The monoisotopic (exact) mass is 487 g/mol. The van der Waals surface area contributed by atoms with Crippen molar-refractivity contribution in [3.8, 4) is 22.9 Å². The highest BCUT2D eigenvalue weighted by atomic mass is 16.5. The third-order valence-corrected chi connectivity index (χ3v) is 7.82. The quantitative estimate of drug-likeness (QED) is 0.245. The molecule has 3 nitrogen and oxygen atoms in total. The molecule has 0 spiro atoms. The van der Waals surface area contributed by atoms with Gasteiger partial charge in [0.1, 0.15) is 11.7 Å². The molecule has 0 saturated carbocycles. The van der Waals surface area contributed by atoms with Crippen molar-refractivity contribution < 1.29 is 9.15 Å². The molecule has 0 bridgehead atoms. The summed E-state index contributed by atoms with van der Waals surface area (Å²) in [7, 11) is 0. The fourth-order valence-corrected chi connectivity index (χ4v) is 5.91. The third kappa shape index (κ3) is 3.14. The van der Waals surface area contributed by atoms with E-state index in [9.17, 15) is 5.26 Å². The van der Waals surface area contributed by atoms with Gasteiger partial charge in [0.05, 0.1) is 11.6 Å². The lowest BCUT2D eigenvalue weighted by Crippen LogP contribution is -2.16. The Bertz CT molecular complexity index is 2040. The van der Waals surface area contributed by atoms with Gasteiger partial charge in [0.25, 0.3) is 0 Å². The van der Waals surface area contributed by atoms with Gasteiger partial charge in [-0.2, -0.15) is 5.26 Å². The Kier molecular flexibility index (Phi) is 4.41. The second kappa shape index (κ2) is 7.96. The topological polar surface area (TPSA) is 46.2 Å². The zero-order valence-electron chi connectivity index (χ0n) is 20.4. The zero-order valence-corrected chi connectivity index (χ0v) is 20.4. The Morgan fingerprint density at radius 3 is 2.42 bits per heavy atom. The van der Waals surface area contributed by atoms with E-state index in [1.165, 1.54) is 27.5 Å². The van der Waals surface area contributed by atoms with Gasteiger partial charge in [-0.05, 0) is 75.5 Å². The summed E-state index contributed by atoms with van der Waals surface area (Å²) in [5.41, 5.74) is 8.11. The lowest BCUT2D eigenvalue weighted by molar-refractivity contribution is 0.269. The minimum Gasteiger partial charge on any atom is -0.481 e. The number of furan rings is 1. The second-order valence-corrected chi connectivity index (χ2v) is 10.0. The van der Waals surface area contributed by atoms with Gasteiger partial charge in [0.2, 0.25) is 0 Å². The molecule has 1 aliphatic carbocycles. The lowest BCUT2D eigenvalue weighted by atomic mass is 9.86. The summed E-state index contributed by atoms with van der Waals surface area (Å²) in [5, 5.41) is 13.8. The van der Waals surface area contributed by atoms with E-state index in [-0.39, 0.29) is 12.0 Å². The van der Waals surface area contributed by atoms with Crippen molar-refractivity contribution in [1.29, 1.82) is 5.26 Å². The number of para-hydroxylation sites is 1. The number of benzene rings is 5. The van der Waals surface area contributed by atoms with Gasteiger partial charge in [-0.15, -0.1) is 0 Å². The minimum absolute atomic E-state index is 0.0280. The van der Waals surface area contributed by atoms with E-state index in [0.29, 0.717) is 5.56 Å². The molecular formula is C35H21NO2. The Hall–Kier alpha value is -5.07. The van der Waals surface area contributed by atoms with Gasteiger partial charge < -0.3 is 9.15 Å². The number of rotatable bonds is 2. The summed E-state index contributed by atoms with van der Waals surface area (Å²) in [6.45, 7) is 0. The second-order valence-electron chi connectivity index (χ2n) is 10.0. The third-order valence-electron chi connectivity index (χ3n) is 7.82. The largest absolute Gasteiger partial charge is 0.481 e. The summed E-state index contributed by atoms with van der Waals surface area (Å²) in [5.74, 6) is 1.01. The van der Waals surface area contributed by atoms with Crippen LogP contribution in [0.25, 0.3) is 49.4 Å². The number of allylic oxidation sites excluding steroid dienone is 2. The minimum atomic E-state index is -0.0280. The van der Waals surface area contributed by atoms with E-state index in [1.807, 2.05) is 42.5 Å². The molecule has 2 atom stereocenters. The summed E-state index contributed by atoms with van der Waals surface area (Å²) in [6, 6.07) is 35.6. The van der Waals surface area contributed by atoms with Crippen LogP contribution in [0.3, 0.4) is 0 Å². The van der Waals surface area contributed by atoms with Crippen LogP contribution in [0.15, 0.2) is 120 Å². The zero-order chi connectivity index (χ0) is 25.2. The SMILES string of the molecule is N#Cc1cccc(-c2ccc3cc(C4=CC5c6ccc7c(oc8ccccc87)c6OC5C=C4)ccc3c2)c1. The van der Waals surface area contributed by atoms with Crippen LogP contribution in [-0.2, 0) is 0 Å². The van der Waals surface area contributed by atoms with Crippen LogP contribution in [0.1, 0.15) is 22.6 Å². The van der Waals surface area contributed by atoms with Crippen LogP contribution in [0, 0.1) is 11.3 Å². The molecule has 0 radical (unpaired) electrons. The normalized spacial score (nSPS) is 17.7. The summed E-state index contributed by atoms with van der Waals surface area (Å²) < 4.78 is 12.7. The van der Waals surface area contributed by atoms with Gasteiger partial charge in [0, 0.05) is 22.3 Å². The molecule has 0 fully saturated rings. The van der Waals surface area contributed by atoms with E-state index < -0.39 is 0 Å². The first kappa shape index (κ1) is 21.1. The van der Waals surface area contributed by atoms with Crippen molar-refractivity contribution in [2.24, 2.45) is 0 Å². The first-order valence-corrected chi connectivity index (χ1v) is 12.8. The fourth-order valence-electron chi connectivity index (χ4n) is 5.91. The molecule has 38 heavy (non-hydrogen) atoms. The van der Waals surface area contributed by atoms with Crippen molar-refractivity contribution in [2.75, 3.05) is 0 Å². The molecule has 8 rings (SSSR count). The van der Waals surface area contributed by atoms with Crippen molar-refractivity contribution in [3.63, 3.8) is 0 Å². The Morgan fingerprint density at radius 2 is 1.53 bits per heavy atom. The average molecular weight is 488 g/mol. The van der Waals surface area contributed by atoms with Crippen molar-refractivity contribution in [3.05, 3.63) is 132 Å². The summed E-state index contributed by atoms with van der Waals surface area (Å²) in [4.78, 5) is 0. The fraction of sp³-hybridized carbons (Fsp3) is 0.0571. The van der Waals surface area contributed by atoms with Crippen LogP contribution in [0.5, 0.6) is 5.75 Å². The van der Waals surface area contributed by atoms with Gasteiger partial charge in [-0.3, -0.25) is 0 Å². The first-order chi connectivity index (χ1) is 18.7. The highest BCUT2D eigenvalue weighted by Crippen LogP contribution is 2.48. The van der Waals surface area contributed by atoms with E-state index in [1.54, 1.807) is 0 Å². The standard InChI is InChI=1S/C35H21NO2/c36-20-21-4-3-5-22(16-21)23-8-9-25-18-26(11-10-24(25)17-23)27-12-15-33-31(19-27)30-14-13-29-28-6-1-2-7-32(28)37-34(29)35(30)38-33/h1-19,31,33H. The Morgan fingerprint density at radius 1 is 0.711 bits per heavy atom. The van der Waals surface area contributed by atoms with Gasteiger partial charge >= 0.3 is 0 Å². The van der Waals surface area contributed by atoms with Crippen LogP contribution < -0.4 is 4.74 Å². The maximum absolute atomic E-state index is 9.25. The van der Waals surface area contributed by atoms with Crippen LogP contribution >= 0.6 is 0 Å². The van der Waals surface area contributed by atoms with E-state index in [0.717, 1.165) is 38.8 Å². The molecule has 6 aromatic rings. The molecule has 5 aromatic carbocycles. The number of fused-ring (bicyclic) bond motifs is 8. The van der Waals surface area contributed by atoms with E-state index >= 15 is 0 Å². The molecule has 1 aliphatic heterocycles. The maximum atomic E-state index is 9.25. The molecular weight excluding hydrogens is 466 g/mol. The number of hydrogen-bond donors (Lipinski definition) is 0. The highest BCUT2D eigenvalue weighted by molar-refractivity contribution is 6.07. The van der Waals surface area contributed by atoms with E-state index in [4.69, 9.17) is 9.15 Å². The van der Waals surface area contributed by atoms with Crippen LogP contribution in [-0.4, -0.2) is 6.10 Å². The molecule has 1 aromatic heterocycles. The van der Waals surface area contributed by atoms with Crippen molar-refractivity contribution in [1.82, 2.24) is 0 Å². The predicted octanol–water partition coefficient (Wildman–Crippen LogP) is 8.78. The van der Waals surface area contributed by atoms with Gasteiger partial charge in [-0.25, -0.2) is 0 Å². The maximum Gasteiger partial charge on any atom is 0.177 e. The first-order valence-electron chi connectivity index (χ1n) is 12.8. The van der Waals surface area contributed by atoms with Crippen molar-refractivity contribution >= 4 is 38.3 Å². The Balaban J connectivity index is 1.16. The number of nitriles is 1. The van der Waals surface area contributed by atoms with Crippen LogP contribution in [0.4, 0.5) is 0 Å².